The van der Waals surface area contributed by atoms with Crippen molar-refractivity contribution in [2.45, 2.75) is 12.6 Å². The number of nitrogens with one attached hydrogen (secondary N) is 1. The lowest BCUT2D eigenvalue weighted by Crippen LogP contribution is -2.46. The summed E-state index contributed by atoms with van der Waals surface area (Å²) >= 11 is 0. The third kappa shape index (κ3) is 4.58. The molecule has 30 heavy (non-hydrogen) atoms. The van der Waals surface area contributed by atoms with E-state index in [4.69, 9.17) is 4.42 Å². The first kappa shape index (κ1) is 20.5. The molecule has 0 saturated heterocycles. The molecule has 0 aliphatic heterocycles. The van der Waals surface area contributed by atoms with Gasteiger partial charge in [0.25, 0.3) is 5.91 Å². The molecule has 1 aromatic heterocycles. The van der Waals surface area contributed by atoms with Gasteiger partial charge in [-0.05, 0) is 35.9 Å². The third-order valence-electron chi connectivity index (χ3n) is 4.25. The fourth-order valence-corrected chi connectivity index (χ4v) is 2.74. The number of aromatic hydroxyl groups is 2. The molecule has 0 spiro atoms. The van der Waals surface area contributed by atoms with Crippen molar-refractivity contribution in [1.82, 2.24) is 10.2 Å². The Bertz CT molecular complexity index is 1050. The van der Waals surface area contributed by atoms with Crippen LogP contribution in [0.25, 0.3) is 0 Å². The minimum Gasteiger partial charge on any atom is -0.504 e. The summed E-state index contributed by atoms with van der Waals surface area (Å²) in [5.74, 6) is -2.80. The van der Waals surface area contributed by atoms with Crippen molar-refractivity contribution in [2.24, 2.45) is 0 Å². The molecule has 1 unspecified atom stereocenters. The van der Waals surface area contributed by atoms with Crippen LogP contribution in [-0.2, 0) is 11.3 Å². The second-order valence-electron chi connectivity index (χ2n) is 6.31. The molecule has 0 bridgehead atoms. The maximum atomic E-state index is 12.9. The Morgan fingerprint density at radius 2 is 1.70 bits per heavy atom. The molecular formula is C21H18N2O7. The number of carboxylic acids is 1. The van der Waals surface area contributed by atoms with E-state index < -0.39 is 35.4 Å². The van der Waals surface area contributed by atoms with Gasteiger partial charge in [0, 0.05) is 5.56 Å². The van der Waals surface area contributed by atoms with Crippen LogP contribution < -0.4 is 5.32 Å². The summed E-state index contributed by atoms with van der Waals surface area (Å²) in [6.07, 6.45) is 1.37. The molecule has 9 heteroatoms. The Hall–Kier alpha value is -4.27. The zero-order valence-corrected chi connectivity index (χ0v) is 15.6. The van der Waals surface area contributed by atoms with E-state index in [0.717, 1.165) is 17.0 Å². The number of benzene rings is 2. The molecule has 3 rings (SSSR count). The number of aliphatic carboxylic acids is 1. The van der Waals surface area contributed by atoms with Crippen molar-refractivity contribution in [3.8, 4) is 11.5 Å². The van der Waals surface area contributed by atoms with Crippen molar-refractivity contribution < 1.29 is 34.1 Å². The topological polar surface area (TPSA) is 140 Å². The molecule has 154 valence electrons. The average molecular weight is 410 g/mol. The number of carbonyl (C=O) groups excluding carboxylic acids is 2. The Morgan fingerprint density at radius 3 is 2.30 bits per heavy atom. The number of carboxylic acid groups (broad SMARTS) is 1. The molecule has 0 aliphatic rings. The number of rotatable bonds is 6. The van der Waals surface area contributed by atoms with Crippen LogP contribution in [0.5, 0.6) is 11.5 Å². The standard InChI is InChI=1S/C21H18N2O7/c24-16-9-8-14(11-17(16)25)19(26)23(12-15-7-4-10-30-15)21(29)22-18(20(27)28)13-5-2-1-3-6-13/h1-11,18,24-25H,12H2,(H,22,29)(H,27,28). The van der Waals surface area contributed by atoms with E-state index >= 15 is 0 Å². The summed E-state index contributed by atoms with van der Waals surface area (Å²) in [7, 11) is 0. The molecule has 0 radical (unpaired) electrons. The Labute approximate surface area is 170 Å². The van der Waals surface area contributed by atoms with Gasteiger partial charge in [-0.15, -0.1) is 0 Å². The number of hydrogen-bond donors (Lipinski definition) is 4. The van der Waals surface area contributed by atoms with E-state index in [-0.39, 0.29) is 17.9 Å². The minimum absolute atomic E-state index is 0.0846. The van der Waals surface area contributed by atoms with Crippen LogP contribution in [0.4, 0.5) is 4.79 Å². The maximum absolute atomic E-state index is 12.9. The molecule has 9 nitrogen and oxygen atoms in total. The highest BCUT2D eigenvalue weighted by atomic mass is 16.4. The highest BCUT2D eigenvalue weighted by Crippen LogP contribution is 2.26. The van der Waals surface area contributed by atoms with Crippen LogP contribution >= 0.6 is 0 Å². The van der Waals surface area contributed by atoms with Gasteiger partial charge in [0.05, 0.1) is 12.8 Å². The average Bonchev–Trinajstić information content (AvgIpc) is 3.25. The lowest BCUT2D eigenvalue weighted by atomic mass is 10.1. The normalized spacial score (nSPS) is 11.5. The summed E-state index contributed by atoms with van der Waals surface area (Å²) in [6.45, 7) is -0.277. The summed E-state index contributed by atoms with van der Waals surface area (Å²) in [4.78, 5) is 38.3. The second kappa shape index (κ2) is 8.82. The molecule has 0 aliphatic carbocycles. The number of urea groups is 1. The number of furan rings is 1. The molecular weight excluding hydrogens is 392 g/mol. The maximum Gasteiger partial charge on any atom is 0.330 e. The number of nitrogens with zero attached hydrogens (tertiary/aromatic N) is 1. The number of phenols is 2. The van der Waals surface area contributed by atoms with Gasteiger partial charge in [0.2, 0.25) is 0 Å². The zero-order chi connectivity index (χ0) is 21.7. The van der Waals surface area contributed by atoms with Crippen LogP contribution in [0.1, 0.15) is 27.7 Å². The van der Waals surface area contributed by atoms with Gasteiger partial charge in [-0.3, -0.25) is 9.69 Å². The fraction of sp³-hybridized carbons (Fsp3) is 0.0952. The van der Waals surface area contributed by atoms with Crippen LogP contribution in [0, 0.1) is 0 Å². The van der Waals surface area contributed by atoms with Gasteiger partial charge in [-0.2, -0.15) is 0 Å². The smallest absolute Gasteiger partial charge is 0.330 e. The van der Waals surface area contributed by atoms with Gasteiger partial charge < -0.3 is 25.1 Å². The van der Waals surface area contributed by atoms with E-state index in [1.165, 1.54) is 24.5 Å². The second-order valence-corrected chi connectivity index (χ2v) is 6.31. The lowest BCUT2D eigenvalue weighted by Gasteiger charge is -2.23. The first-order valence-corrected chi connectivity index (χ1v) is 8.81. The largest absolute Gasteiger partial charge is 0.504 e. The molecule has 2 aromatic carbocycles. The zero-order valence-electron chi connectivity index (χ0n) is 15.6. The number of phenolic OH excluding ortho intramolecular Hbond substituents is 2. The van der Waals surface area contributed by atoms with E-state index in [0.29, 0.717) is 5.56 Å². The first-order chi connectivity index (χ1) is 14.4. The predicted octanol–water partition coefficient (Wildman–Crippen LogP) is 2.87. The van der Waals surface area contributed by atoms with Gasteiger partial charge in [0.15, 0.2) is 17.5 Å². The van der Waals surface area contributed by atoms with Crippen LogP contribution in [-0.4, -0.2) is 38.1 Å². The van der Waals surface area contributed by atoms with Crippen molar-refractivity contribution in [2.75, 3.05) is 0 Å². The van der Waals surface area contributed by atoms with Gasteiger partial charge >= 0.3 is 12.0 Å². The minimum atomic E-state index is -1.39. The molecule has 3 amide bonds. The van der Waals surface area contributed by atoms with Crippen molar-refractivity contribution in [3.05, 3.63) is 83.8 Å². The Balaban J connectivity index is 1.90. The number of imide groups is 1. The van der Waals surface area contributed by atoms with Crippen LogP contribution in [0.15, 0.2) is 71.3 Å². The van der Waals surface area contributed by atoms with Crippen molar-refractivity contribution in [3.63, 3.8) is 0 Å². The van der Waals surface area contributed by atoms with Crippen molar-refractivity contribution >= 4 is 17.9 Å². The van der Waals surface area contributed by atoms with E-state index in [9.17, 15) is 29.7 Å². The molecule has 1 heterocycles. The SMILES string of the molecule is O=C(O)C(NC(=O)N(Cc1ccco1)C(=O)c1ccc(O)c(O)c1)c1ccccc1. The summed E-state index contributed by atoms with van der Waals surface area (Å²) in [5.41, 5.74) is 0.240. The van der Waals surface area contributed by atoms with Crippen molar-refractivity contribution in [1.29, 1.82) is 0 Å². The van der Waals surface area contributed by atoms with Crippen LogP contribution in [0.2, 0.25) is 0 Å². The van der Waals surface area contributed by atoms with Gasteiger partial charge in [-0.25, -0.2) is 9.59 Å². The summed E-state index contributed by atoms with van der Waals surface area (Å²) in [5, 5.41) is 31.0. The Morgan fingerprint density at radius 1 is 0.967 bits per heavy atom. The quantitative estimate of drug-likeness (QED) is 0.458. The Kier molecular flexibility index (Phi) is 6.02. The van der Waals surface area contributed by atoms with Crippen LogP contribution in [0.3, 0.4) is 0 Å². The third-order valence-corrected chi connectivity index (χ3v) is 4.25. The highest BCUT2D eigenvalue weighted by Gasteiger charge is 2.29. The number of carbonyl (C=O) groups is 3. The number of hydrogen-bond acceptors (Lipinski definition) is 6. The van der Waals surface area contributed by atoms with E-state index in [2.05, 4.69) is 5.32 Å². The predicted molar refractivity (Wildman–Crippen MR) is 104 cm³/mol. The summed E-state index contributed by atoms with van der Waals surface area (Å²) in [6, 6.07) is 12.1. The van der Waals surface area contributed by atoms with E-state index in [1.807, 2.05) is 0 Å². The summed E-state index contributed by atoms with van der Waals surface area (Å²) < 4.78 is 5.20. The highest BCUT2D eigenvalue weighted by molar-refractivity contribution is 6.05. The first-order valence-electron chi connectivity index (χ1n) is 8.81. The molecule has 0 fully saturated rings. The van der Waals surface area contributed by atoms with Gasteiger partial charge in [0.1, 0.15) is 5.76 Å². The molecule has 0 saturated carbocycles. The monoisotopic (exact) mass is 410 g/mol. The van der Waals surface area contributed by atoms with Gasteiger partial charge in [-0.1, -0.05) is 30.3 Å². The fourth-order valence-electron chi connectivity index (χ4n) is 2.74. The number of amides is 3. The molecule has 3 aromatic rings. The van der Waals surface area contributed by atoms with E-state index in [1.54, 1.807) is 30.3 Å². The molecule has 1 atom stereocenters. The molecule has 4 N–H and O–H groups in total. The lowest BCUT2D eigenvalue weighted by molar-refractivity contribution is -0.139.